The van der Waals surface area contributed by atoms with Crippen molar-refractivity contribution in [3.05, 3.63) is 52.8 Å². The molecular weight excluding hydrogens is 432 g/mol. The Morgan fingerprint density at radius 3 is 2.34 bits per heavy atom. The van der Waals surface area contributed by atoms with Gasteiger partial charge in [-0.1, -0.05) is 26.8 Å². The number of H-pyrrole nitrogens is 1. The van der Waals surface area contributed by atoms with Crippen LogP contribution in [-0.2, 0) is 4.79 Å². The lowest BCUT2D eigenvalue weighted by Gasteiger charge is -2.40. The number of pyridine rings is 1. The summed E-state index contributed by atoms with van der Waals surface area (Å²) in [5, 5.41) is 4.73. The molecule has 186 valence electrons. The number of nitrogens with zero attached hydrogens (tertiary/aromatic N) is 2. The summed E-state index contributed by atoms with van der Waals surface area (Å²) in [5.74, 6) is 1.29. The van der Waals surface area contributed by atoms with Crippen molar-refractivity contribution in [2.24, 2.45) is 5.41 Å². The average Bonchev–Trinajstić information content (AvgIpc) is 3.23. The van der Waals surface area contributed by atoms with Crippen LogP contribution in [0.3, 0.4) is 0 Å². The minimum atomic E-state index is -0.186. The molecular formula is C30H40N4O. The van der Waals surface area contributed by atoms with Gasteiger partial charge in [0.05, 0.1) is 5.69 Å². The van der Waals surface area contributed by atoms with Crippen molar-refractivity contribution in [3.63, 3.8) is 0 Å². The summed E-state index contributed by atoms with van der Waals surface area (Å²) in [6, 6.07) is 11.3. The highest BCUT2D eigenvalue weighted by Crippen LogP contribution is 2.39. The molecule has 2 aliphatic rings. The first kappa shape index (κ1) is 24.1. The molecule has 5 nitrogen and oxygen atoms in total. The molecule has 5 rings (SSSR count). The van der Waals surface area contributed by atoms with Crippen molar-refractivity contribution in [2.45, 2.75) is 72.1 Å². The van der Waals surface area contributed by atoms with Gasteiger partial charge in [0.1, 0.15) is 0 Å². The highest BCUT2D eigenvalue weighted by Gasteiger charge is 2.38. The Bertz CT molecular complexity index is 1210. The average molecular weight is 473 g/mol. The third-order valence-corrected chi connectivity index (χ3v) is 8.29. The van der Waals surface area contributed by atoms with Crippen LogP contribution < -0.4 is 5.32 Å². The highest BCUT2D eigenvalue weighted by molar-refractivity contribution is 5.92. The lowest BCUT2D eigenvalue weighted by Crippen LogP contribution is -2.49. The van der Waals surface area contributed by atoms with Gasteiger partial charge in [0.15, 0.2) is 0 Å². The van der Waals surface area contributed by atoms with Gasteiger partial charge in [-0.2, -0.15) is 0 Å². The molecule has 0 spiro atoms. The van der Waals surface area contributed by atoms with E-state index in [9.17, 15) is 4.79 Å². The molecule has 2 aromatic heterocycles. The van der Waals surface area contributed by atoms with E-state index in [-0.39, 0.29) is 5.41 Å². The van der Waals surface area contributed by atoms with Gasteiger partial charge in [-0.05, 0) is 99.8 Å². The SMILES string of the molecule is Cc1cc(-c2[nH]c3ccc(C4CCN(C(=O)C5(C)CCNCC5)CC4)cc3c2C(C)C)cc(C)n1. The molecule has 1 aromatic carbocycles. The van der Waals surface area contributed by atoms with E-state index >= 15 is 0 Å². The number of aryl methyl sites for hydroxylation is 2. The van der Waals surface area contributed by atoms with E-state index in [4.69, 9.17) is 0 Å². The number of aromatic nitrogens is 2. The molecule has 2 saturated heterocycles. The molecule has 5 heteroatoms. The first-order valence-corrected chi connectivity index (χ1v) is 13.4. The van der Waals surface area contributed by atoms with Crippen LogP contribution in [0.2, 0.25) is 0 Å². The smallest absolute Gasteiger partial charge is 0.228 e. The fraction of sp³-hybridized carbons (Fsp3) is 0.533. The number of fused-ring (bicyclic) bond motifs is 1. The molecule has 0 radical (unpaired) electrons. The van der Waals surface area contributed by atoms with E-state index in [1.807, 2.05) is 0 Å². The number of carbonyl (C=O) groups is 1. The van der Waals surface area contributed by atoms with E-state index in [1.54, 1.807) is 0 Å². The Labute approximate surface area is 209 Å². The molecule has 2 fully saturated rings. The molecule has 0 saturated carbocycles. The molecule has 3 aromatic rings. The zero-order valence-electron chi connectivity index (χ0n) is 22.0. The van der Waals surface area contributed by atoms with E-state index in [0.29, 0.717) is 17.7 Å². The third kappa shape index (κ3) is 4.63. The van der Waals surface area contributed by atoms with Crippen molar-refractivity contribution in [2.75, 3.05) is 26.2 Å². The lowest BCUT2D eigenvalue weighted by atomic mass is 9.78. The zero-order valence-corrected chi connectivity index (χ0v) is 22.0. The van der Waals surface area contributed by atoms with Gasteiger partial charge >= 0.3 is 0 Å². The first-order chi connectivity index (χ1) is 16.7. The fourth-order valence-corrected chi connectivity index (χ4v) is 6.28. The number of nitrogens with one attached hydrogen (secondary N) is 2. The third-order valence-electron chi connectivity index (χ3n) is 8.29. The van der Waals surface area contributed by atoms with Crippen LogP contribution in [0, 0.1) is 19.3 Å². The zero-order chi connectivity index (χ0) is 24.7. The molecule has 0 bridgehead atoms. The maximum atomic E-state index is 13.3. The number of amides is 1. The monoisotopic (exact) mass is 472 g/mol. The maximum Gasteiger partial charge on any atom is 0.228 e. The minimum Gasteiger partial charge on any atom is -0.354 e. The van der Waals surface area contributed by atoms with Crippen molar-refractivity contribution in [1.82, 2.24) is 20.2 Å². The van der Waals surface area contributed by atoms with Gasteiger partial charge < -0.3 is 15.2 Å². The number of likely N-dealkylation sites (tertiary alicyclic amines) is 1. The molecule has 1 amide bonds. The van der Waals surface area contributed by atoms with Crippen LogP contribution in [-0.4, -0.2) is 47.0 Å². The van der Waals surface area contributed by atoms with Crippen LogP contribution in [0.15, 0.2) is 30.3 Å². The van der Waals surface area contributed by atoms with Gasteiger partial charge in [-0.15, -0.1) is 0 Å². The number of rotatable bonds is 4. The normalized spacial score (nSPS) is 19.0. The Balaban J connectivity index is 1.39. The van der Waals surface area contributed by atoms with Crippen LogP contribution in [0.25, 0.3) is 22.2 Å². The second-order valence-electron chi connectivity index (χ2n) is 11.4. The van der Waals surface area contributed by atoms with Crippen LogP contribution in [0.5, 0.6) is 0 Å². The predicted octanol–water partition coefficient (Wildman–Crippen LogP) is 6.07. The fourth-order valence-electron chi connectivity index (χ4n) is 6.28. The summed E-state index contributed by atoms with van der Waals surface area (Å²) in [6.45, 7) is 14.5. The standard InChI is InChI=1S/C30H40N4O/c1-19(2)27-25-18-23(6-7-26(25)33-28(27)24-16-20(3)32-21(4)17-24)22-8-14-34(15-9-22)29(35)30(5)10-12-31-13-11-30/h6-7,16-19,22,31,33H,8-15H2,1-5H3. The van der Waals surface area contributed by atoms with Gasteiger partial charge in [0.2, 0.25) is 5.91 Å². The molecule has 4 heterocycles. The van der Waals surface area contributed by atoms with E-state index in [1.165, 1.54) is 33.3 Å². The number of hydrogen-bond acceptors (Lipinski definition) is 3. The first-order valence-electron chi connectivity index (χ1n) is 13.4. The van der Waals surface area contributed by atoms with Gasteiger partial charge in [0, 0.05) is 46.4 Å². The second-order valence-corrected chi connectivity index (χ2v) is 11.4. The number of carbonyl (C=O) groups excluding carboxylic acids is 1. The number of benzene rings is 1. The largest absolute Gasteiger partial charge is 0.354 e. The Morgan fingerprint density at radius 2 is 1.71 bits per heavy atom. The quantitative estimate of drug-likeness (QED) is 0.485. The van der Waals surface area contributed by atoms with Crippen molar-refractivity contribution in [3.8, 4) is 11.3 Å². The van der Waals surface area contributed by atoms with Crippen molar-refractivity contribution in [1.29, 1.82) is 0 Å². The van der Waals surface area contributed by atoms with Crippen LogP contribution in [0.1, 0.15) is 80.8 Å². The maximum absolute atomic E-state index is 13.3. The van der Waals surface area contributed by atoms with Crippen LogP contribution in [0.4, 0.5) is 0 Å². The molecule has 0 aliphatic carbocycles. The van der Waals surface area contributed by atoms with Gasteiger partial charge in [-0.25, -0.2) is 0 Å². The summed E-state index contributed by atoms with van der Waals surface area (Å²) < 4.78 is 0. The van der Waals surface area contributed by atoms with Gasteiger partial charge in [0.25, 0.3) is 0 Å². The summed E-state index contributed by atoms with van der Waals surface area (Å²) in [7, 11) is 0. The molecule has 35 heavy (non-hydrogen) atoms. The minimum absolute atomic E-state index is 0.186. The number of piperidine rings is 2. The van der Waals surface area contributed by atoms with Crippen molar-refractivity contribution < 1.29 is 4.79 Å². The summed E-state index contributed by atoms with van der Waals surface area (Å²) in [4.78, 5) is 23.7. The number of hydrogen-bond donors (Lipinski definition) is 2. The molecule has 0 unspecified atom stereocenters. The Kier molecular flexibility index (Phi) is 6.47. The summed E-state index contributed by atoms with van der Waals surface area (Å²) in [6.07, 6.45) is 3.99. The van der Waals surface area contributed by atoms with E-state index < -0.39 is 0 Å². The lowest BCUT2D eigenvalue weighted by molar-refractivity contribution is -0.143. The summed E-state index contributed by atoms with van der Waals surface area (Å²) in [5.41, 5.74) is 8.35. The number of aromatic amines is 1. The molecule has 2 N–H and O–H groups in total. The molecule has 2 aliphatic heterocycles. The van der Waals surface area contributed by atoms with E-state index in [2.05, 4.69) is 85.1 Å². The predicted molar refractivity (Wildman–Crippen MR) is 144 cm³/mol. The van der Waals surface area contributed by atoms with Gasteiger partial charge in [-0.3, -0.25) is 9.78 Å². The second kappa shape index (κ2) is 9.42. The highest BCUT2D eigenvalue weighted by atomic mass is 16.2. The Morgan fingerprint density at radius 1 is 1.06 bits per heavy atom. The topological polar surface area (TPSA) is 61.0 Å². The van der Waals surface area contributed by atoms with E-state index in [0.717, 1.165) is 63.3 Å². The summed E-state index contributed by atoms with van der Waals surface area (Å²) >= 11 is 0. The van der Waals surface area contributed by atoms with Crippen molar-refractivity contribution >= 4 is 16.8 Å². The molecule has 0 atom stereocenters. The Hall–Kier alpha value is -2.66. The van der Waals surface area contributed by atoms with Crippen LogP contribution >= 0.6 is 0 Å².